The highest BCUT2D eigenvalue weighted by Crippen LogP contribution is 2.15. The summed E-state index contributed by atoms with van der Waals surface area (Å²) in [6.07, 6.45) is 0. The van der Waals surface area contributed by atoms with Gasteiger partial charge in [-0.1, -0.05) is 29.8 Å². The van der Waals surface area contributed by atoms with Gasteiger partial charge in [-0.15, -0.1) is 5.10 Å². The van der Waals surface area contributed by atoms with E-state index in [1.165, 1.54) is 4.80 Å². The van der Waals surface area contributed by atoms with Gasteiger partial charge in [0.2, 0.25) is 0 Å². The van der Waals surface area contributed by atoms with Crippen molar-refractivity contribution >= 4 is 17.5 Å². The maximum atomic E-state index is 12.3. The third-order valence-corrected chi connectivity index (χ3v) is 3.66. The van der Waals surface area contributed by atoms with Crippen molar-refractivity contribution in [3.8, 4) is 11.4 Å². The minimum Gasteiger partial charge on any atom is -0.508 e. The summed E-state index contributed by atoms with van der Waals surface area (Å²) < 4.78 is 0. The Morgan fingerprint density at radius 3 is 2.67 bits per heavy atom. The van der Waals surface area contributed by atoms with E-state index < -0.39 is 0 Å². The number of carbonyl (C=O) groups excluding carboxylic acids is 1. The Hall–Kier alpha value is -2.86. The van der Waals surface area contributed by atoms with Crippen LogP contribution in [-0.4, -0.2) is 26.0 Å². The van der Waals surface area contributed by atoms with Crippen LogP contribution in [0.4, 0.5) is 0 Å². The summed E-state index contributed by atoms with van der Waals surface area (Å²) in [5.41, 5.74) is 2.34. The first-order valence-corrected chi connectivity index (χ1v) is 7.67. The van der Waals surface area contributed by atoms with E-state index in [1.807, 2.05) is 6.07 Å². The maximum Gasteiger partial charge on any atom is 0.274 e. The zero-order valence-corrected chi connectivity index (χ0v) is 13.7. The van der Waals surface area contributed by atoms with Crippen LogP contribution < -0.4 is 5.32 Å². The Balaban J connectivity index is 1.74. The first-order valence-electron chi connectivity index (χ1n) is 7.29. The van der Waals surface area contributed by atoms with Crippen LogP contribution in [0.3, 0.4) is 0 Å². The molecule has 0 unspecified atom stereocenters. The SMILES string of the molecule is Cc1nn(-c2cccc(Cl)c2)nc1C(=O)NCc1ccc(O)cc1. The van der Waals surface area contributed by atoms with Crippen LogP contribution in [0.25, 0.3) is 5.69 Å². The highest BCUT2D eigenvalue weighted by atomic mass is 35.5. The number of phenols is 1. The molecule has 1 heterocycles. The van der Waals surface area contributed by atoms with Crippen LogP contribution in [0.1, 0.15) is 21.7 Å². The molecule has 2 N–H and O–H groups in total. The molecule has 3 rings (SSSR count). The number of hydrogen-bond donors (Lipinski definition) is 2. The molecular weight excluding hydrogens is 328 g/mol. The van der Waals surface area contributed by atoms with Gasteiger partial charge in [0.25, 0.3) is 5.91 Å². The lowest BCUT2D eigenvalue weighted by Gasteiger charge is -2.04. The lowest BCUT2D eigenvalue weighted by atomic mass is 10.2. The molecule has 0 aliphatic carbocycles. The average molecular weight is 343 g/mol. The molecule has 122 valence electrons. The summed E-state index contributed by atoms with van der Waals surface area (Å²) in [4.78, 5) is 13.7. The first-order chi connectivity index (χ1) is 11.5. The summed E-state index contributed by atoms with van der Waals surface area (Å²) >= 11 is 5.97. The van der Waals surface area contributed by atoms with Gasteiger partial charge < -0.3 is 10.4 Å². The van der Waals surface area contributed by atoms with Crippen molar-refractivity contribution in [2.75, 3.05) is 0 Å². The fourth-order valence-corrected chi connectivity index (χ4v) is 2.37. The summed E-state index contributed by atoms with van der Waals surface area (Å²) in [5, 5.41) is 21.1. The molecule has 3 aromatic rings. The van der Waals surface area contributed by atoms with Crippen molar-refractivity contribution in [1.29, 1.82) is 0 Å². The predicted molar refractivity (Wildman–Crippen MR) is 90.4 cm³/mol. The summed E-state index contributed by atoms with van der Waals surface area (Å²) in [7, 11) is 0. The molecule has 0 radical (unpaired) electrons. The highest BCUT2D eigenvalue weighted by molar-refractivity contribution is 6.30. The van der Waals surface area contributed by atoms with Gasteiger partial charge in [-0.3, -0.25) is 4.79 Å². The third-order valence-electron chi connectivity index (χ3n) is 3.43. The van der Waals surface area contributed by atoms with Gasteiger partial charge in [-0.05, 0) is 42.8 Å². The van der Waals surface area contributed by atoms with Crippen LogP contribution in [0, 0.1) is 6.92 Å². The molecule has 0 aliphatic rings. The molecule has 1 aromatic heterocycles. The fraction of sp³-hybridized carbons (Fsp3) is 0.118. The van der Waals surface area contributed by atoms with E-state index in [0.717, 1.165) is 5.56 Å². The number of nitrogens with one attached hydrogen (secondary N) is 1. The predicted octanol–water partition coefficient (Wildman–Crippen LogP) is 2.86. The third kappa shape index (κ3) is 3.55. The standard InChI is InChI=1S/C17H15ClN4O2/c1-11-16(17(24)19-10-12-5-7-15(23)8-6-12)21-22(20-11)14-4-2-3-13(18)9-14/h2-9,23H,10H2,1H3,(H,19,24). The number of hydrogen-bond acceptors (Lipinski definition) is 4. The Bertz CT molecular complexity index is 875. The van der Waals surface area contributed by atoms with Gasteiger partial charge in [0.15, 0.2) is 5.69 Å². The normalized spacial score (nSPS) is 10.6. The van der Waals surface area contributed by atoms with Crippen LogP contribution in [0.2, 0.25) is 5.02 Å². The van der Waals surface area contributed by atoms with Crippen LogP contribution >= 0.6 is 11.6 Å². The molecule has 0 aliphatic heterocycles. The average Bonchev–Trinajstić information content (AvgIpc) is 2.96. The second kappa shape index (κ2) is 6.72. The molecule has 0 spiro atoms. The van der Waals surface area contributed by atoms with E-state index in [4.69, 9.17) is 11.6 Å². The van der Waals surface area contributed by atoms with E-state index in [9.17, 15) is 9.90 Å². The van der Waals surface area contributed by atoms with Gasteiger partial charge in [0.05, 0.1) is 11.4 Å². The molecule has 0 atom stereocenters. The Morgan fingerprint density at radius 1 is 1.21 bits per heavy atom. The first kappa shape index (κ1) is 16.0. The van der Waals surface area contributed by atoms with Crippen molar-refractivity contribution in [1.82, 2.24) is 20.3 Å². The number of rotatable bonds is 4. The van der Waals surface area contributed by atoms with Gasteiger partial charge in [0, 0.05) is 11.6 Å². The Kier molecular flexibility index (Phi) is 4.48. The van der Waals surface area contributed by atoms with Crippen molar-refractivity contribution < 1.29 is 9.90 Å². The summed E-state index contributed by atoms with van der Waals surface area (Å²) in [6, 6.07) is 13.7. The molecule has 2 aromatic carbocycles. The van der Waals surface area contributed by atoms with Crippen molar-refractivity contribution in [3.05, 3.63) is 70.5 Å². The largest absolute Gasteiger partial charge is 0.508 e. The summed E-state index contributed by atoms with van der Waals surface area (Å²) in [6.45, 7) is 2.06. The maximum absolute atomic E-state index is 12.3. The zero-order chi connectivity index (χ0) is 17.1. The van der Waals surface area contributed by atoms with Crippen molar-refractivity contribution in [3.63, 3.8) is 0 Å². The number of amides is 1. The molecular formula is C17H15ClN4O2. The monoisotopic (exact) mass is 342 g/mol. The van der Waals surface area contributed by atoms with E-state index in [1.54, 1.807) is 49.4 Å². The number of halogens is 1. The van der Waals surface area contributed by atoms with Gasteiger partial charge in [0.1, 0.15) is 5.75 Å². The number of aromatic hydroxyl groups is 1. The van der Waals surface area contributed by atoms with E-state index in [-0.39, 0.29) is 17.4 Å². The molecule has 24 heavy (non-hydrogen) atoms. The van der Waals surface area contributed by atoms with Crippen molar-refractivity contribution in [2.24, 2.45) is 0 Å². The number of nitrogens with zero attached hydrogens (tertiary/aromatic N) is 3. The minimum atomic E-state index is -0.311. The Labute approximate surface area is 143 Å². The lowest BCUT2D eigenvalue weighted by molar-refractivity contribution is 0.0945. The van der Waals surface area contributed by atoms with Gasteiger partial charge in [-0.2, -0.15) is 9.90 Å². The van der Waals surface area contributed by atoms with E-state index in [0.29, 0.717) is 22.9 Å². The molecule has 0 saturated heterocycles. The molecule has 0 saturated carbocycles. The number of aryl methyl sites for hydroxylation is 1. The number of aromatic nitrogens is 3. The van der Waals surface area contributed by atoms with Crippen molar-refractivity contribution in [2.45, 2.75) is 13.5 Å². The van der Waals surface area contributed by atoms with Crippen LogP contribution in [0.15, 0.2) is 48.5 Å². The van der Waals surface area contributed by atoms with Gasteiger partial charge >= 0.3 is 0 Å². The molecule has 1 amide bonds. The van der Waals surface area contributed by atoms with E-state index >= 15 is 0 Å². The topological polar surface area (TPSA) is 80.0 Å². The zero-order valence-electron chi connectivity index (χ0n) is 12.9. The summed E-state index contributed by atoms with van der Waals surface area (Å²) in [5.74, 6) is -0.126. The van der Waals surface area contributed by atoms with Gasteiger partial charge in [-0.25, -0.2) is 0 Å². The number of benzene rings is 2. The quantitative estimate of drug-likeness (QED) is 0.764. The second-order valence-electron chi connectivity index (χ2n) is 5.25. The highest BCUT2D eigenvalue weighted by Gasteiger charge is 2.16. The van der Waals surface area contributed by atoms with Crippen LogP contribution in [0.5, 0.6) is 5.75 Å². The van der Waals surface area contributed by atoms with Crippen LogP contribution in [-0.2, 0) is 6.54 Å². The smallest absolute Gasteiger partial charge is 0.274 e. The minimum absolute atomic E-state index is 0.186. The van der Waals surface area contributed by atoms with E-state index in [2.05, 4.69) is 15.5 Å². The number of phenolic OH excluding ortho intramolecular Hbond substituents is 1. The molecule has 6 nitrogen and oxygen atoms in total. The second-order valence-corrected chi connectivity index (χ2v) is 5.69. The molecule has 0 fully saturated rings. The lowest BCUT2D eigenvalue weighted by Crippen LogP contribution is -2.24. The molecule has 0 bridgehead atoms. The Morgan fingerprint density at radius 2 is 1.96 bits per heavy atom. The number of carbonyl (C=O) groups is 1. The fourth-order valence-electron chi connectivity index (χ4n) is 2.18. The molecule has 7 heteroatoms.